The molecule has 16 heavy (non-hydrogen) atoms. The topological polar surface area (TPSA) is 20.3 Å². The van der Waals surface area contributed by atoms with Gasteiger partial charge in [0.1, 0.15) is 0 Å². The molecule has 0 bridgehead atoms. The fourth-order valence-electron chi connectivity index (χ4n) is 3.90. The van der Waals surface area contributed by atoms with Crippen molar-refractivity contribution < 1.29 is 4.79 Å². The minimum atomic E-state index is 0.301. The fraction of sp³-hybridized carbons (Fsp3) is 0.923. The molecule has 0 aromatic heterocycles. The zero-order valence-corrected chi connectivity index (χ0v) is 10.6. The van der Waals surface area contributed by atoms with Crippen molar-refractivity contribution in [2.75, 3.05) is 12.4 Å². The van der Waals surface area contributed by atoms with Gasteiger partial charge in [0.2, 0.25) is 5.91 Å². The maximum atomic E-state index is 12.4. The van der Waals surface area contributed by atoms with Gasteiger partial charge < -0.3 is 4.90 Å². The number of likely N-dealkylation sites (tertiary alicyclic amines) is 1. The predicted molar refractivity (Wildman–Crippen MR) is 64.3 cm³/mol. The second-order valence-electron chi connectivity index (χ2n) is 5.80. The zero-order chi connectivity index (χ0) is 11.3. The lowest BCUT2D eigenvalue weighted by Gasteiger charge is -2.26. The smallest absolute Gasteiger partial charge is 0.226 e. The quantitative estimate of drug-likeness (QED) is 0.681. The molecule has 0 aromatic rings. The van der Waals surface area contributed by atoms with E-state index in [2.05, 4.69) is 11.8 Å². The highest BCUT2D eigenvalue weighted by Gasteiger charge is 2.58. The Morgan fingerprint density at radius 3 is 2.62 bits per heavy atom. The molecule has 1 aliphatic heterocycles. The van der Waals surface area contributed by atoms with Crippen LogP contribution in [0.25, 0.3) is 0 Å². The van der Waals surface area contributed by atoms with E-state index in [1.165, 1.54) is 19.3 Å². The van der Waals surface area contributed by atoms with E-state index < -0.39 is 0 Å². The molecular weight excluding hydrogens is 222 g/mol. The van der Waals surface area contributed by atoms with Gasteiger partial charge in [-0.2, -0.15) is 0 Å². The molecule has 1 saturated heterocycles. The lowest BCUT2D eigenvalue weighted by Crippen LogP contribution is -2.40. The molecule has 3 rings (SSSR count). The van der Waals surface area contributed by atoms with Crippen molar-refractivity contribution in [1.29, 1.82) is 0 Å². The van der Waals surface area contributed by atoms with Gasteiger partial charge in [-0.15, -0.1) is 11.6 Å². The minimum Gasteiger partial charge on any atom is -0.338 e. The van der Waals surface area contributed by atoms with Crippen LogP contribution in [0.3, 0.4) is 0 Å². The molecule has 3 fully saturated rings. The average Bonchev–Trinajstić information content (AvgIpc) is 2.66. The van der Waals surface area contributed by atoms with Crippen LogP contribution in [0.2, 0.25) is 0 Å². The summed E-state index contributed by atoms with van der Waals surface area (Å²) in [6.45, 7) is 3.15. The molecule has 0 aromatic carbocycles. The summed E-state index contributed by atoms with van der Waals surface area (Å²) in [5, 5.41) is 0. The first-order chi connectivity index (χ1) is 7.74. The molecular formula is C13H20ClNO. The third-order valence-electron chi connectivity index (χ3n) is 5.02. The lowest BCUT2D eigenvalue weighted by atomic mass is 10.0. The Bertz CT molecular complexity index is 296. The van der Waals surface area contributed by atoms with Crippen molar-refractivity contribution in [3.8, 4) is 0 Å². The van der Waals surface area contributed by atoms with Gasteiger partial charge in [0.25, 0.3) is 0 Å². The van der Waals surface area contributed by atoms with Gasteiger partial charge in [-0.3, -0.25) is 4.79 Å². The number of alkyl halides is 1. The lowest BCUT2D eigenvalue weighted by molar-refractivity contribution is -0.134. The van der Waals surface area contributed by atoms with Crippen molar-refractivity contribution in [2.45, 2.75) is 38.6 Å². The highest BCUT2D eigenvalue weighted by atomic mass is 35.5. The monoisotopic (exact) mass is 241 g/mol. The number of carbonyl (C=O) groups is 1. The van der Waals surface area contributed by atoms with E-state index in [0.717, 1.165) is 24.8 Å². The largest absolute Gasteiger partial charge is 0.338 e. The van der Waals surface area contributed by atoms with Crippen LogP contribution in [0, 0.1) is 23.7 Å². The number of nitrogens with zero attached hydrogens (tertiary/aromatic N) is 1. The molecule has 4 atom stereocenters. The molecule has 4 unspecified atom stereocenters. The summed E-state index contributed by atoms with van der Waals surface area (Å²) in [7, 11) is 0. The van der Waals surface area contributed by atoms with Crippen LogP contribution in [0.5, 0.6) is 0 Å². The molecule has 2 saturated carbocycles. The number of rotatable bonds is 2. The molecule has 0 N–H and O–H groups in total. The molecule has 2 aliphatic carbocycles. The Labute approximate surface area is 102 Å². The maximum absolute atomic E-state index is 12.4. The van der Waals surface area contributed by atoms with Gasteiger partial charge in [0, 0.05) is 24.4 Å². The first kappa shape index (κ1) is 10.9. The summed E-state index contributed by atoms with van der Waals surface area (Å²) < 4.78 is 0. The molecule has 3 aliphatic rings. The van der Waals surface area contributed by atoms with Gasteiger partial charge in [0.05, 0.1) is 0 Å². The average molecular weight is 242 g/mol. The van der Waals surface area contributed by atoms with Crippen LogP contribution >= 0.6 is 11.6 Å². The van der Waals surface area contributed by atoms with Crippen LogP contribution in [0.1, 0.15) is 32.6 Å². The van der Waals surface area contributed by atoms with Crippen LogP contribution in [0.4, 0.5) is 0 Å². The van der Waals surface area contributed by atoms with E-state index in [9.17, 15) is 4.79 Å². The SMILES string of the molecule is CC1CCN(C(=O)C2C3CCCC32)C1CCl. The number of halogens is 1. The van der Waals surface area contributed by atoms with Gasteiger partial charge in [-0.25, -0.2) is 0 Å². The molecule has 90 valence electrons. The molecule has 0 radical (unpaired) electrons. The Morgan fingerprint density at radius 2 is 2.00 bits per heavy atom. The first-order valence-corrected chi connectivity index (χ1v) is 7.14. The predicted octanol–water partition coefficient (Wildman–Crippen LogP) is 2.51. The summed E-state index contributed by atoms with van der Waals surface area (Å²) in [6, 6.07) is 0.301. The normalized spacial score (nSPS) is 45.9. The molecule has 3 heteroatoms. The van der Waals surface area contributed by atoms with Crippen molar-refractivity contribution in [1.82, 2.24) is 4.90 Å². The number of carbonyl (C=O) groups excluding carboxylic acids is 1. The van der Waals surface area contributed by atoms with Crippen molar-refractivity contribution >= 4 is 17.5 Å². The fourth-order valence-corrected chi connectivity index (χ4v) is 4.37. The third kappa shape index (κ3) is 1.49. The van der Waals surface area contributed by atoms with Crippen molar-refractivity contribution in [3.05, 3.63) is 0 Å². The Balaban J connectivity index is 1.67. The Hall–Kier alpha value is -0.240. The highest BCUT2D eigenvalue weighted by Crippen LogP contribution is 2.58. The van der Waals surface area contributed by atoms with Crippen LogP contribution < -0.4 is 0 Å². The molecule has 1 heterocycles. The van der Waals surface area contributed by atoms with E-state index in [-0.39, 0.29) is 0 Å². The van der Waals surface area contributed by atoms with Gasteiger partial charge in [-0.1, -0.05) is 13.3 Å². The molecule has 2 nitrogen and oxygen atoms in total. The van der Waals surface area contributed by atoms with Crippen LogP contribution in [0.15, 0.2) is 0 Å². The zero-order valence-electron chi connectivity index (χ0n) is 9.86. The number of fused-ring (bicyclic) bond motifs is 1. The maximum Gasteiger partial charge on any atom is 0.226 e. The van der Waals surface area contributed by atoms with Crippen LogP contribution in [-0.4, -0.2) is 29.3 Å². The minimum absolute atomic E-state index is 0.301. The highest BCUT2D eigenvalue weighted by molar-refractivity contribution is 6.18. The van der Waals surface area contributed by atoms with Gasteiger partial charge in [-0.05, 0) is 37.0 Å². The van der Waals surface area contributed by atoms with E-state index in [1.807, 2.05) is 0 Å². The van der Waals surface area contributed by atoms with Crippen LogP contribution in [-0.2, 0) is 4.79 Å². The third-order valence-corrected chi connectivity index (χ3v) is 5.33. The first-order valence-electron chi connectivity index (χ1n) is 6.60. The summed E-state index contributed by atoms with van der Waals surface area (Å²) in [5.41, 5.74) is 0. The number of hydrogen-bond acceptors (Lipinski definition) is 1. The summed E-state index contributed by atoms with van der Waals surface area (Å²) in [6.07, 6.45) is 5.05. The second kappa shape index (κ2) is 3.90. The summed E-state index contributed by atoms with van der Waals surface area (Å²) >= 11 is 5.99. The van der Waals surface area contributed by atoms with E-state index >= 15 is 0 Å². The second-order valence-corrected chi connectivity index (χ2v) is 6.11. The molecule has 1 amide bonds. The standard InChI is InChI=1S/C13H20ClNO/c1-8-5-6-15(11(8)7-14)13(16)12-9-3-2-4-10(9)12/h8-12H,2-7H2,1H3. The van der Waals surface area contributed by atoms with E-state index in [1.54, 1.807) is 0 Å². The molecule has 0 spiro atoms. The van der Waals surface area contributed by atoms with Crippen molar-refractivity contribution in [2.24, 2.45) is 23.7 Å². The van der Waals surface area contributed by atoms with Crippen molar-refractivity contribution in [3.63, 3.8) is 0 Å². The van der Waals surface area contributed by atoms with E-state index in [0.29, 0.717) is 29.7 Å². The van der Waals surface area contributed by atoms with E-state index in [4.69, 9.17) is 11.6 Å². The number of amides is 1. The number of hydrogen-bond donors (Lipinski definition) is 0. The Kier molecular flexibility index (Phi) is 2.66. The Morgan fingerprint density at radius 1 is 1.31 bits per heavy atom. The summed E-state index contributed by atoms with van der Waals surface area (Å²) in [4.78, 5) is 14.5. The van der Waals surface area contributed by atoms with Gasteiger partial charge in [0.15, 0.2) is 0 Å². The van der Waals surface area contributed by atoms with Gasteiger partial charge >= 0.3 is 0 Å². The summed E-state index contributed by atoms with van der Waals surface area (Å²) in [5.74, 6) is 3.46.